The fourth-order valence-corrected chi connectivity index (χ4v) is 5.43. The summed E-state index contributed by atoms with van der Waals surface area (Å²) in [7, 11) is -3.02. The molecule has 3 N–H and O–H groups in total. The molecule has 152 valence electrons. The Labute approximate surface area is 162 Å². The maximum Gasteiger partial charge on any atom is 0.237 e. The average Bonchev–Trinajstić information content (AvgIpc) is 2.93. The Morgan fingerprint density at radius 3 is 2.62 bits per heavy atom. The number of amides is 2. The van der Waals surface area contributed by atoms with E-state index in [1.807, 2.05) is 11.8 Å². The highest BCUT2D eigenvalue weighted by Gasteiger charge is 2.35. The van der Waals surface area contributed by atoms with Crippen LogP contribution in [0.15, 0.2) is 0 Å². The first-order valence-corrected chi connectivity index (χ1v) is 10.9. The predicted molar refractivity (Wildman–Crippen MR) is 103 cm³/mol. The third-order valence-corrected chi connectivity index (χ3v) is 6.74. The highest BCUT2D eigenvalue weighted by atomic mass is 35.5. The number of nitrogens with one attached hydrogen (secondary N) is 1. The Morgan fingerprint density at radius 1 is 1.31 bits per heavy atom. The molecular weight excluding hydrogens is 380 g/mol. The highest BCUT2D eigenvalue weighted by Crippen LogP contribution is 2.20. The normalized spacial score (nSPS) is 25.3. The number of hydrogen-bond acceptors (Lipinski definition) is 6. The lowest BCUT2D eigenvalue weighted by Crippen LogP contribution is -2.50. The van der Waals surface area contributed by atoms with Gasteiger partial charge in [-0.15, -0.1) is 12.4 Å². The van der Waals surface area contributed by atoms with Crippen LogP contribution in [0.4, 0.5) is 0 Å². The second-order valence-corrected chi connectivity index (χ2v) is 9.12. The van der Waals surface area contributed by atoms with Gasteiger partial charge < -0.3 is 16.0 Å². The molecule has 0 saturated carbocycles. The van der Waals surface area contributed by atoms with Crippen molar-refractivity contribution in [2.45, 2.75) is 32.2 Å². The van der Waals surface area contributed by atoms with E-state index in [4.69, 9.17) is 5.73 Å². The van der Waals surface area contributed by atoms with Crippen molar-refractivity contribution in [3.63, 3.8) is 0 Å². The zero-order chi connectivity index (χ0) is 18.4. The van der Waals surface area contributed by atoms with Crippen molar-refractivity contribution in [1.82, 2.24) is 15.1 Å². The molecule has 0 aromatic carbocycles. The second-order valence-electron chi connectivity index (χ2n) is 6.89. The van der Waals surface area contributed by atoms with Crippen LogP contribution in [0, 0.1) is 5.92 Å². The minimum Gasteiger partial charge on any atom is -0.355 e. The van der Waals surface area contributed by atoms with E-state index >= 15 is 0 Å². The Hall–Kier alpha value is -0.900. The largest absolute Gasteiger partial charge is 0.355 e. The highest BCUT2D eigenvalue weighted by molar-refractivity contribution is 7.91. The Morgan fingerprint density at radius 2 is 2.04 bits per heavy atom. The number of likely N-dealkylation sites (N-methyl/N-ethyl adjacent to an activating group) is 1. The molecular formula is C16H31ClN4O4S. The lowest BCUT2D eigenvalue weighted by Gasteiger charge is -2.34. The number of piperidine rings is 1. The topological polar surface area (TPSA) is 113 Å². The molecule has 2 heterocycles. The van der Waals surface area contributed by atoms with Crippen LogP contribution in [0.5, 0.6) is 0 Å². The van der Waals surface area contributed by atoms with Gasteiger partial charge in [0.15, 0.2) is 9.84 Å². The summed E-state index contributed by atoms with van der Waals surface area (Å²) in [5.41, 5.74) is 5.41. The molecule has 2 aliphatic heterocycles. The number of rotatable bonds is 7. The maximum absolute atomic E-state index is 12.7. The standard InChI is InChI=1S/C16H30N4O4S.ClH/c1-2-20(14-5-9-25(23,24)12-14)15(21)11-19-8-3-4-13(10-19)16(22)18-7-6-17;/h13-14H,2-12,17H2,1H3,(H,18,22);1H. The van der Waals surface area contributed by atoms with Crippen molar-refractivity contribution < 1.29 is 18.0 Å². The van der Waals surface area contributed by atoms with Crippen molar-refractivity contribution in [2.75, 3.05) is 50.8 Å². The second kappa shape index (κ2) is 10.4. The van der Waals surface area contributed by atoms with Crippen molar-refractivity contribution in [3.8, 4) is 0 Å². The SMILES string of the molecule is CCN(C(=O)CN1CCCC(C(=O)NCCN)C1)C1CCS(=O)(=O)C1.Cl. The number of carbonyl (C=O) groups excluding carboxylic acids is 2. The van der Waals surface area contributed by atoms with E-state index < -0.39 is 9.84 Å². The van der Waals surface area contributed by atoms with E-state index in [2.05, 4.69) is 5.32 Å². The van der Waals surface area contributed by atoms with Crippen molar-refractivity contribution >= 4 is 34.1 Å². The Balaban J connectivity index is 0.00000338. The summed E-state index contributed by atoms with van der Waals surface area (Å²) in [4.78, 5) is 28.5. The van der Waals surface area contributed by atoms with Gasteiger partial charge in [-0.05, 0) is 32.7 Å². The zero-order valence-corrected chi connectivity index (χ0v) is 17.0. The van der Waals surface area contributed by atoms with E-state index in [1.54, 1.807) is 4.90 Å². The van der Waals surface area contributed by atoms with Gasteiger partial charge in [0.25, 0.3) is 0 Å². The van der Waals surface area contributed by atoms with Crippen molar-refractivity contribution in [2.24, 2.45) is 11.7 Å². The summed E-state index contributed by atoms with van der Waals surface area (Å²) in [5, 5.41) is 2.81. The molecule has 0 aliphatic carbocycles. The van der Waals surface area contributed by atoms with Gasteiger partial charge in [0.1, 0.15) is 0 Å². The van der Waals surface area contributed by atoms with E-state index in [9.17, 15) is 18.0 Å². The monoisotopic (exact) mass is 410 g/mol. The van der Waals surface area contributed by atoms with Gasteiger partial charge in [0.05, 0.1) is 24.0 Å². The minimum absolute atomic E-state index is 0. The predicted octanol–water partition coefficient (Wildman–Crippen LogP) is -0.769. The summed E-state index contributed by atoms with van der Waals surface area (Å²) < 4.78 is 23.4. The molecule has 2 rings (SSSR count). The van der Waals surface area contributed by atoms with Gasteiger partial charge in [-0.1, -0.05) is 0 Å². The summed E-state index contributed by atoms with van der Waals surface area (Å²) in [6.07, 6.45) is 2.21. The molecule has 0 bridgehead atoms. The van der Waals surface area contributed by atoms with Crippen molar-refractivity contribution in [1.29, 1.82) is 0 Å². The first kappa shape index (κ1) is 23.1. The van der Waals surface area contributed by atoms with E-state index in [0.717, 1.165) is 19.4 Å². The van der Waals surface area contributed by atoms with Crippen LogP contribution in [0.3, 0.4) is 0 Å². The summed E-state index contributed by atoms with van der Waals surface area (Å²) >= 11 is 0. The van der Waals surface area contributed by atoms with Crippen LogP contribution in [0.25, 0.3) is 0 Å². The molecule has 2 aliphatic rings. The van der Waals surface area contributed by atoms with Crippen LogP contribution >= 0.6 is 12.4 Å². The molecule has 2 unspecified atom stereocenters. The summed E-state index contributed by atoms with van der Waals surface area (Å²) in [6, 6.07) is -0.212. The van der Waals surface area contributed by atoms with Gasteiger partial charge >= 0.3 is 0 Å². The minimum atomic E-state index is -3.02. The van der Waals surface area contributed by atoms with E-state index in [-0.39, 0.29) is 54.2 Å². The molecule has 2 fully saturated rings. The molecule has 2 atom stereocenters. The van der Waals surface area contributed by atoms with Crippen molar-refractivity contribution in [3.05, 3.63) is 0 Å². The molecule has 0 spiro atoms. The van der Waals surface area contributed by atoms with Crippen LogP contribution < -0.4 is 11.1 Å². The molecule has 2 amide bonds. The number of likely N-dealkylation sites (tertiary alicyclic amines) is 1. The third kappa shape index (κ3) is 6.37. The number of halogens is 1. The number of sulfone groups is 1. The number of carbonyl (C=O) groups is 2. The fraction of sp³-hybridized carbons (Fsp3) is 0.875. The Bertz CT molecular complexity index is 587. The Kier molecular flexibility index (Phi) is 9.29. The first-order valence-electron chi connectivity index (χ1n) is 9.06. The van der Waals surface area contributed by atoms with E-state index in [1.165, 1.54) is 0 Å². The zero-order valence-electron chi connectivity index (χ0n) is 15.4. The van der Waals surface area contributed by atoms with E-state index in [0.29, 0.717) is 32.6 Å². The lowest BCUT2D eigenvalue weighted by atomic mass is 9.97. The molecule has 26 heavy (non-hydrogen) atoms. The van der Waals surface area contributed by atoms with Crippen LogP contribution in [-0.2, 0) is 19.4 Å². The molecule has 8 nitrogen and oxygen atoms in total. The number of nitrogens with zero attached hydrogens (tertiary/aromatic N) is 2. The molecule has 0 radical (unpaired) electrons. The first-order chi connectivity index (χ1) is 11.9. The molecule has 0 aromatic heterocycles. The van der Waals surface area contributed by atoms with Gasteiger partial charge in [-0.3, -0.25) is 14.5 Å². The van der Waals surface area contributed by atoms with Gasteiger partial charge in [0.2, 0.25) is 11.8 Å². The third-order valence-electron chi connectivity index (χ3n) is 4.99. The fourth-order valence-electron chi connectivity index (χ4n) is 3.69. The average molecular weight is 411 g/mol. The van der Waals surface area contributed by atoms with Gasteiger partial charge in [-0.25, -0.2) is 8.42 Å². The summed E-state index contributed by atoms with van der Waals surface area (Å²) in [6.45, 7) is 4.85. The van der Waals surface area contributed by atoms with Gasteiger partial charge in [0, 0.05) is 32.2 Å². The van der Waals surface area contributed by atoms with Crippen LogP contribution in [0.2, 0.25) is 0 Å². The molecule has 0 aromatic rings. The van der Waals surface area contributed by atoms with Crippen LogP contribution in [0.1, 0.15) is 26.2 Å². The number of hydrogen-bond donors (Lipinski definition) is 2. The van der Waals surface area contributed by atoms with Gasteiger partial charge in [-0.2, -0.15) is 0 Å². The van der Waals surface area contributed by atoms with Crippen LogP contribution in [-0.4, -0.2) is 86.8 Å². The smallest absolute Gasteiger partial charge is 0.237 e. The quantitative estimate of drug-likeness (QED) is 0.570. The lowest BCUT2D eigenvalue weighted by molar-refractivity contribution is -0.136. The number of nitrogens with two attached hydrogens (primary N) is 1. The maximum atomic E-state index is 12.7. The molecule has 10 heteroatoms. The summed E-state index contributed by atoms with van der Waals surface area (Å²) in [5.74, 6) is 0.0603. The molecule has 2 saturated heterocycles.